The molecule has 1 heterocycles. The molecule has 0 aliphatic rings. The van der Waals surface area contributed by atoms with Crippen LogP contribution in [0.4, 0.5) is 0 Å². The van der Waals surface area contributed by atoms with E-state index in [1.807, 2.05) is 0 Å². The van der Waals surface area contributed by atoms with Gasteiger partial charge in [0.15, 0.2) is 0 Å². The smallest absolute Gasteiger partial charge is 0.0967 e. The monoisotopic (exact) mass is 232 g/mol. The van der Waals surface area contributed by atoms with Gasteiger partial charge in [0.05, 0.1) is 17.4 Å². The van der Waals surface area contributed by atoms with E-state index in [1.54, 1.807) is 6.33 Å². The lowest BCUT2D eigenvalue weighted by Crippen LogP contribution is -1.83. The zero-order valence-corrected chi connectivity index (χ0v) is 10.1. The lowest BCUT2D eigenvalue weighted by molar-refractivity contribution is 1.35. The summed E-state index contributed by atoms with van der Waals surface area (Å²) in [5.41, 5.74) is 3.46. The average molecular weight is 232 g/mol. The topological polar surface area (TPSA) is 28.7 Å². The molecule has 0 aliphatic heterocycles. The molecular formula is C16H12N2. The van der Waals surface area contributed by atoms with Crippen molar-refractivity contribution in [2.45, 2.75) is 6.92 Å². The highest BCUT2D eigenvalue weighted by molar-refractivity contribution is 6.23. The number of nitrogens with one attached hydrogen (secondary N) is 1. The maximum Gasteiger partial charge on any atom is 0.0967 e. The molecule has 0 bridgehead atoms. The van der Waals surface area contributed by atoms with E-state index in [-0.39, 0.29) is 0 Å². The molecule has 86 valence electrons. The Morgan fingerprint density at radius 3 is 2.56 bits per heavy atom. The third-order valence-corrected chi connectivity index (χ3v) is 3.56. The Hall–Kier alpha value is -2.35. The van der Waals surface area contributed by atoms with E-state index < -0.39 is 0 Å². The third-order valence-electron chi connectivity index (χ3n) is 3.56. The predicted molar refractivity (Wildman–Crippen MR) is 75.8 cm³/mol. The van der Waals surface area contributed by atoms with Gasteiger partial charge in [-0.3, -0.25) is 0 Å². The Balaban J connectivity index is 2.44. The fourth-order valence-corrected chi connectivity index (χ4v) is 2.73. The van der Waals surface area contributed by atoms with E-state index in [1.165, 1.54) is 27.1 Å². The molecule has 4 rings (SSSR count). The highest BCUT2D eigenvalue weighted by Gasteiger charge is 2.09. The third kappa shape index (κ3) is 1.15. The highest BCUT2D eigenvalue weighted by atomic mass is 14.9. The standard InChI is InChI=1S/C16H12N2/c1-10-6-7-12-11-4-2-3-5-13(11)15-16(14(12)8-10)18-9-17-15/h2-9H,1H3,(H,17,18). The minimum atomic E-state index is 1.06. The molecule has 0 spiro atoms. The Kier molecular flexibility index (Phi) is 1.78. The highest BCUT2D eigenvalue weighted by Crippen LogP contribution is 2.33. The van der Waals surface area contributed by atoms with Gasteiger partial charge in [-0.2, -0.15) is 0 Å². The summed E-state index contributed by atoms with van der Waals surface area (Å²) in [4.78, 5) is 7.75. The summed E-state index contributed by atoms with van der Waals surface area (Å²) >= 11 is 0. The number of benzene rings is 3. The number of H-pyrrole nitrogens is 1. The molecule has 0 radical (unpaired) electrons. The summed E-state index contributed by atoms with van der Waals surface area (Å²) < 4.78 is 0. The lowest BCUT2D eigenvalue weighted by Gasteiger charge is -2.06. The van der Waals surface area contributed by atoms with Gasteiger partial charge in [-0.15, -0.1) is 0 Å². The van der Waals surface area contributed by atoms with Gasteiger partial charge in [-0.1, -0.05) is 42.0 Å². The summed E-state index contributed by atoms with van der Waals surface area (Å²) in [7, 11) is 0. The number of hydrogen-bond donors (Lipinski definition) is 1. The van der Waals surface area contributed by atoms with E-state index in [2.05, 4.69) is 59.4 Å². The second kappa shape index (κ2) is 3.33. The fourth-order valence-electron chi connectivity index (χ4n) is 2.73. The van der Waals surface area contributed by atoms with Crippen molar-refractivity contribution >= 4 is 32.6 Å². The molecule has 18 heavy (non-hydrogen) atoms. The second-order valence-corrected chi connectivity index (χ2v) is 4.72. The molecule has 1 aromatic heterocycles. The maximum atomic E-state index is 4.48. The van der Waals surface area contributed by atoms with Crippen molar-refractivity contribution in [1.82, 2.24) is 9.97 Å². The summed E-state index contributed by atoms with van der Waals surface area (Å²) in [6.07, 6.45) is 1.78. The molecule has 0 saturated carbocycles. The summed E-state index contributed by atoms with van der Waals surface area (Å²) in [6, 6.07) is 15.0. The number of imidazole rings is 1. The van der Waals surface area contributed by atoms with Crippen LogP contribution in [0.15, 0.2) is 48.8 Å². The molecule has 0 unspecified atom stereocenters. The van der Waals surface area contributed by atoms with Crippen molar-refractivity contribution in [1.29, 1.82) is 0 Å². The van der Waals surface area contributed by atoms with Crippen LogP contribution in [0.1, 0.15) is 5.56 Å². The zero-order valence-electron chi connectivity index (χ0n) is 10.1. The molecular weight excluding hydrogens is 220 g/mol. The first kappa shape index (κ1) is 9.66. The van der Waals surface area contributed by atoms with Crippen LogP contribution in [0.3, 0.4) is 0 Å². The number of fused-ring (bicyclic) bond motifs is 6. The summed E-state index contributed by atoms with van der Waals surface area (Å²) in [6.45, 7) is 2.12. The van der Waals surface area contributed by atoms with Gasteiger partial charge in [0.1, 0.15) is 0 Å². The average Bonchev–Trinajstić information content (AvgIpc) is 2.88. The van der Waals surface area contributed by atoms with Crippen LogP contribution in [-0.4, -0.2) is 9.97 Å². The van der Waals surface area contributed by atoms with Crippen molar-refractivity contribution in [3.05, 3.63) is 54.4 Å². The van der Waals surface area contributed by atoms with Crippen molar-refractivity contribution in [3.63, 3.8) is 0 Å². The van der Waals surface area contributed by atoms with Crippen LogP contribution in [0.5, 0.6) is 0 Å². The molecule has 2 heteroatoms. The minimum Gasteiger partial charge on any atom is -0.344 e. The van der Waals surface area contributed by atoms with Gasteiger partial charge < -0.3 is 4.98 Å². The number of rotatable bonds is 0. The molecule has 1 N–H and O–H groups in total. The number of aryl methyl sites for hydroxylation is 1. The first-order chi connectivity index (χ1) is 8.84. The molecule has 0 atom stereocenters. The molecule has 0 saturated heterocycles. The van der Waals surface area contributed by atoms with Gasteiger partial charge in [0.2, 0.25) is 0 Å². The number of nitrogens with zero attached hydrogens (tertiary/aromatic N) is 1. The van der Waals surface area contributed by atoms with Crippen molar-refractivity contribution < 1.29 is 0 Å². The number of hydrogen-bond acceptors (Lipinski definition) is 1. The Morgan fingerprint density at radius 2 is 1.67 bits per heavy atom. The second-order valence-electron chi connectivity index (χ2n) is 4.72. The molecule has 0 fully saturated rings. The van der Waals surface area contributed by atoms with Crippen LogP contribution >= 0.6 is 0 Å². The SMILES string of the molecule is Cc1ccc2c3ccccc3c3[nH]cnc3c2c1. The first-order valence-corrected chi connectivity index (χ1v) is 6.09. The van der Waals surface area contributed by atoms with Crippen LogP contribution in [0, 0.1) is 6.92 Å². The van der Waals surface area contributed by atoms with Crippen LogP contribution in [0.2, 0.25) is 0 Å². The van der Waals surface area contributed by atoms with E-state index >= 15 is 0 Å². The van der Waals surface area contributed by atoms with Gasteiger partial charge >= 0.3 is 0 Å². The Labute approximate surface area is 104 Å². The molecule has 4 aromatic rings. The van der Waals surface area contributed by atoms with Crippen molar-refractivity contribution in [2.24, 2.45) is 0 Å². The number of aromatic amines is 1. The largest absolute Gasteiger partial charge is 0.344 e. The van der Waals surface area contributed by atoms with Gasteiger partial charge in [-0.25, -0.2) is 4.98 Å². The number of aromatic nitrogens is 2. The van der Waals surface area contributed by atoms with Crippen LogP contribution in [-0.2, 0) is 0 Å². The molecule has 2 nitrogen and oxygen atoms in total. The molecule has 3 aromatic carbocycles. The Bertz CT molecular complexity index is 887. The van der Waals surface area contributed by atoms with Gasteiger partial charge in [0, 0.05) is 10.8 Å². The zero-order chi connectivity index (χ0) is 12.1. The van der Waals surface area contributed by atoms with Crippen LogP contribution in [0.25, 0.3) is 32.6 Å². The normalized spacial score (nSPS) is 11.6. The summed E-state index contributed by atoms with van der Waals surface area (Å²) in [5, 5.41) is 5.02. The first-order valence-electron chi connectivity index (χ1n) is 6.09. The van der Waals surface area contributed by atoms with Crippen molar-refractivity contribution in [3.8, 4) is 0 Å². The Morgan fingerprint density at radius 1 is 0.889 bits per heavy atom. The summed E-state index contributed by atoms with van der Waals surface area (Å²) in [5.74, 6) is 0. The van der Waals surface area contributed by atoms with Gasteiger partial charge in [0.25, 0.3) is 0 Å². The molecule has 0 aliphatic carbocycles. The quantitative estimate of drug-likeness (QED) is 0.453. The fraction of sp³-hybridized carbons (Fsp3) is 0.0625. The minimum absolute atomic E-state index is 1.06. The molecule has 0 amide bonds. The van der Waals surface area contributed by atoms with Gasteiger partial charge in [-0.05, 0) is 23.8 Å². The van der Waals surface area contributed by atoms with Crippen molar-refractivity contribution in [2.75, 3.05) is 0 Å². The predicted octanol–water partition coefficient (Wildman–Crippen LogP) is 4.18. The van der Waals surface area contributed by atoms with E-state index in [0.717, 1.165) is 11.0 Å². The van der Waals surface area contributed by atoms with E-state index in [9.17, 15) is 0 Å². The lowest BCUT2D eigenvalue weighted by atomic mass is 9.99. The van der Waals surface area contributed by atoms with E-state index in [0.29, 0.717) is 0 Å². The van der Waals surface area contributed by atoms with E-state index in [4.69, 9.17) is 0 Å². The van der Waals surface area contributed by atoms with Crippen LogP contribution < -0.4 is 0 Å². The maximum absolute atomic E-state index is 4.48.